The highest BCUT2D eigenvalue weighted by atomic mass is 35.5. The Morgan fingerprint density at radius 2 is 1.66 bits per heavy atom. The number of halogens is 2. The van der Waals surface area contributed by atoms with Crippen molar-refractivity contribution in [1.29, 1.82) is 0 Å². The smallest absolute Gasteiger partial charge is 0.338 e. The molecule has 172 valence electrons. The van der Waals surface area contributed by atoms with Crippen LogP contribution >= 0.6 is 23.2 Å². The molecule has 0 aromatic heterocycles. The average molecular weight is 499 g/mol. The summed E-state index contributed by atoms with van der Waals surface area (Å²) in [5.74, 6) is -1.41. The predicted octanol–water partition coefficient (Wildman–Crippen LogP) is 4.74. The van der Waals surface area contributed by atoms with Crippen molar-refractivity contribution < 1.29 is 22.7 Å². The van der Waals surface area contributed by atoms with E-state index in [2.05, 4.69) is 5.32 Å². The van der Waals surface area contributed by atoms with Crippen molar-refractivity contribution in [3.05, 3.63) is 58.1 Å². The number of anilines is 1. The van der Waals surface area contributed by atoms with Gasteiger partial charge in [-0.1, -0.05) is 48.2 Å². The van der Waals surface area contributed by atoms with Crippen molar-refractivity contribution in [2.75, 3.05) is 18.4 Å². The summed E-state index contributed by atoms with van der Waals surface area (Å²) in [6, 6.07) is 10.6. The van der Waals surface area contributed by atoms with Gasteiger partial charge in [-0.3, -0.25) is 4.79 Å². The standard InChI is InChI=1S/C22H24Cl2N2O5S/c1-15(21(27)25-19-9-5-4-8-17(19)23)31-22(28)16-10-11-18(24)20(14-16)32(29,30)26-12-6-2-3-7-13-26/h4-5,8-11,14-15H,2-3,6-7,12-13H2,1H3,(H,25,27). The number of ether oxygens (including phenoxy) is 1. The first-order valence-electron chi connectivity index (χ1n) is 10.3. The number of rotatable bonds is 6. The monoisotopic (exact) mass is 498 g/mol. The maximum atomic E-state index is 13.1. The molecule has 1 saturated heterocycles. The van der Waals surface area contributed by atoms with E-state index in [4.69, 9.17) is 27.9 Å². The molecular formula is C22H24Cl2N2O5S. The molecule has 1 aliphatic heterocycles. The molecule has 1 heterocycles. The SMILES string of the molecule is CC(OC(=O)c1ccc(Cl)c(S(=O)(=O)N2CCCCCC2)c1)C(=O)Nc1ccccc1Cl. The highest BCUT2D eigenvalue weighted by Crippen LogP contribution is 2.28. The third kappa shape index (κ3) is 5.81. The topological polar surface area (TPSA) is 92.8 Å². The van der Waals surface area contributed by atoms with Crippen LogP contribution in [0.4, 0.5) is 5.69 Å². The number of hydrogen-bond acceptors (Lipinski definition) is 5. The van der Waals surface area contributed by atoms with E-state index in [1.807, 2.05) is 0 Å². The molecule has 1 unspecified atom stereocenters. The summed E-state index contributed by atoms with van der Waals surface area (Å²) < 4.78 is 32.9. The van der Waals surface area contributed by atoms with Crippen LogP contribution < -0.4 is 5.32 Å². The zero-order valence-corrected chi connectivity index (χ0v) is 19.8. The van der Waals surface area contributed by atoms with Gasteiger partial charge < -0.3 is 10.1 Å². The molecule has 10 heteroatoms. The Bertz CT molecular complexity index is 1100. The molecule has 1 aliphatic rings. The van der Waals surface area contributed by atoms with Crippen molar-refractivity contribution in [2.45, 2.75) is 43.6 Å². The van der Waals surface area contributed by atoms with Crippen molar-refractivity contribution in [3.8, 4) is 0 Å². The van der Waals surface area contributed by atoms with E-state index < -0.39 is 28.0 Å². The second-order valence-electron chi connectivity index (χ2n) is 7.48. The Hall–Kier alpha value is -2.13. The number of nitrogens with zero attached hydrogens (tertiary/aromatic N) is 1. The van der Waals surface area contributed by atoms with E-state index >= 15 is 0 Å². The summed E-state index contributed by atoms with van der Waals surface area (Å²) in [5.41, 5.74) is 0.375. The third-order valence-corrected chi connectivity index (χ3v) is 7.84. The van der Waals surface area contributed by atoms with E-state index in [9.17, 15) is 18.0 Å². The van der Waals surface area contributed by atoms with E-state index in [1.165, 1.54) is 29.4 Å². The van der Waals surface area contributed by atoms with E-state index in [1.54, 1.807) is 24.3 Å². The van der Waals surface area contributed by atoms with Crippen LogP contribution in [-0.4, -0.2) is 43.8 Å². The van der Waals surface area contributed by atoms with Crippen LogP contribution in [0.1, 0.15) is 43.0 Å². The molecular weight excluding hydrogens is 475 g/mol. The minimum Gasteiger partial charge on any atom is -0.449 e. The number of carbonyl (C=O) groups is 2. The van der Waals surface area contributed by atoms with Crippen LogP contribution in [0.15, 0.2) is 47.4 Å². The zero-order valence-electron chi connectivity index (χ0n) is 17.5. The van der Waals surface area contributed by atoms with E-state index in [0.717, 1.165) is 25.7 Å². The summed E-state index contributed by atoms with van der Waals surface area (Å²) in [4.78, 5) is 24.9. The van der Waals surface area contributed by atoms with Gasteiger partial charge in [-0.25, -0.2) is 13.2 Å². The second kappa shape index (κ2) is 10.7. The lowest BCUT2D eigenvalue weighted by molar-refractivity contribution is -0.123. The molecule has 0 spiro atoms. The second-order valence-corrected chi connectivity index (χ2v) is 10.2. The number of amides is 1. The molecule has 2 aromatic rings. The van der Waals surface area contributed by atoms with Gasteiger partial charge >= 0.3 is 5.97 Å². The number of nitrogens with one attached hydrogen (secondary N) is 1. The Labute approximate surface area is 197 Å². The normalized spacial score (nSPS) is 16.1. The molecule has 7 nitrogen and oxygen atoms in total. The number of benzene rings is 2. The van der Waals surface area contributed by atoms with Crippen molar-refractivity contribution >= 4 is 50.8 Å². The van der Waals surface area contributed by atoms with Crippen LogP contribution in [0.3, 0.4) is 0 Å². The van der Waals surface area contributed by atoms with Crippen molar-refractivity contribution in [3.63, 3.8) is 0 Å². The maximum Gasteiger partial charge on any atom is 0.338 e. The van der Waals surface area contributed by atoms with Gasteiger partial charge in [0.2, 0.25) is 10.0 Å². The molecule has 0 bridgehead atoms. The molecule has 1 fully saturated rings. The lowest BCUT2D eigenvalue weighted by atomic mass is 10.2. The van der Waals surface area contributed by atoms with Gasteiger partial charge in [-0.2, -0.15) is 4.31 Å². The van der Waals surface area contributed by atoms with Gasteiger partial charge in [0.05, 0.1) is 21.3 Å². The molecule has 32 heavy (non-hydrogen) atoms. The fraction of sp³-hybridized carbons (Fsp3) is 0.364. The number of esters is 1. The third-order valence-electron chi connectivity index (χ3n) is 5.13. The molecule has 3 rings (SSSR count). The van der Waals surface area contributed by atoms with Crippen LogP contribution in [0, 0.1) is 0 Å². The lowest BCUT2D eigenvalue weighted by Crippen LogP contribution is -2.32. The van der Waals surface area contributed by atoms with Crippen LogP contribution in [0.25, 0.3) is 0 Å². The molecule has 0 aliphatic carbocycles. The summed E-state index contributed by atoms with van der Waals surface area (Å²) in [6.45, 7) is 2.23. The Morgan fingerprint density at radius 1 is 1.00 bits per heavy atom. The summed E-state index contributed by atoms with van der Waals surface area (Å²) in [6.07, 6.45) is 2.36. The first-order valence-corrected chi connectivity index (χ1v) is 12.5. The van der Waals surface area contributed by atoms with Gasteiger partial charge in [0, 0.05) is 13.1 Å². The Morgan fingerprint density at radius 3 is 2.31 bits per heavy atom. The maximum absolute atomic E-state index is 13.1. The first-order chi connectivity index (χ1) is 15.2. The lowest BCUT2D eigenvalue weighted by Gasteiger charge is -2.21. The summed E-state index contributed by atoms with van der Waals surface area (Å²) in [5, 5.41) is 2.96. The number of carbonyl (C=O) groups excluding carboxylic acids is 2. The van der Waals surface area contributed by atoms with Gasteiger partial charge in [0.15, 0.2) is 6.10 Å². The predicted molar refractivity (Wildman–Crippen MR) is 124 cm³/mol. The molecule has 2 aromatic carbocycles. The number of para-hydroxylation sites is 1. The molecule has 0 saturated carbocycles. The first kappa shape index (κ1) is 24.5. The van der Waals surface area contributed by atoms with Crippen molar-refractivity contribution in [1.82, 2.24) is 4.31 Å². The van der Waals surface area contributed by atoms with Gasteiger partial charge in [-0.15, -0.1) is 0 Å². The zero-order chi connectivity index (χ0) is 23.3. The average Bonchev–Trinajstić information content (AvgIpc) is 3.05. The van der Waals surface area contributed by atoms with E-state index in [-0.39, 0.29) is 15.5 Å². The fourth-order valence-corrected chi connectivity index (χ4v) is 5.53. The van der Waals surface area contributed by atoms with Crippen LogP contribution in [0.5, 0.6) is 0 Å². The van der Waals surface area contributed by atoms with E-state index in [0.29, 0.717) is 23.8 Å². The fourth-order valence-electron chi connectivity index (χ4n) is 3.33. The number of hydrogen-bond donors (Lipinski definition) is 1. The Kier molecular flexibility index (Phi) is 8.16. The molecule has 0 radical (unpaired) electrons. The van der Waals surface area contributed by atoms with Gasteiger partial charge in [-0.05, 0) is 50.1 Å². The van der Waals surface area contributed by atoms with Gasteiger partial charge in [0.25, 0.3) is 5.91 Å². The quantitative estimate of drug-likeness (QED) is 0.580. The van der Waals surface area contributed by atoms with Gasteiger partial charge in [0.1, 0.15) is 4.90 Å². The molecule has 1 amide bonds. The molecule has 1 N–H and O–H groups in total. The molecule has 1 atom stereocenters. The minimum atomic E-state index is -3.86. The highest BCUT2D eigenvalue weighted by molar-refractivity contribution is 7.89. The van der Waals surface area contributed by atoms with Crippen molar-refractivity contribution in [2.24, 2.45) is 0 Å². The largest absolute Gasteiger partial charge is 0.449 e. The minimum absolute atomic E-state index is 0.0137. The van der Waals surface area contributed by atoms with Crippen LogP contribution in [-0.2, 0) is 19.6 Å². The highest BCUT2D eigenvalue weighted by Gasteiger charge is 2.29. The summed E-state index contributed by atoms with van der Waals surface area (Å²) in [7, 11) is -3.86. The Balaban J connectivity index is 1.74. The number of sulfonamides is 1. The van der Waals surface area contributed by atoms with Crippen LogP contribution in [0.2, 0.25) is 10.0 Å². The summed E-state index contributed by atoms with van der Waals surface area (Å²) >= 11 is 12.2.